The molecule has 100 valence electrons. The standard InChI is InChI=1S/C14H22N2OS/c1-11(2)8-9-15-14(17)10-16-12-4-6-13(18-3)7-5-12/h4-7,11,16H,8-10H2,1-3H3,(H,15,17). The predicted octanol–water partition coefficient (Wildman–Crippen LogP) is 2.98. The van der Waals surface area contributed by atoms with Crippen molar-refractivity contribution >= 4 is 23.4 Å². The smallest absolute Gasteiger partial charge is 0.239 e. The molecule has 0 aliphatic rings. The monoisotopic (exact) mass is 266 g/mol. The van der Waals surface area contributed by atoms with Crippen LogP contribution < -0.4 is 10.6 Å². The van der Waals surface area contributed by atoms with Crippen LogP contribution in [-0.2, 0) is 4.79 Å². The third-order valence-electron chi connectivity index (χ3n) is 2.59. The lowest BCUT2D eigenvalue weighted by molar-refractivity contribution is -0.119. The fourth-order valence-electron chi connectivity index (χ4n) is 1.45. The highest BCUT2D eigenvalue weighted by Gasteiger charge is 2.01. The number of thioether (sulfide) groups is 1. The Bertz CT molecular complexity index is 363. The lowest BCUT2D eigenvalue weighted by Crippen LogP contribution is -2.31. The van der Waals surface area contributed by atoms with Crippen LogP contribution in [0.1, 0.15) is 20.3 Å². The number of benzene rings is 1. The van der Waals surface area contributed by atoms with Crippen LogP contribution in [0.4, 0.5) is 5.69 Å². The first-order valence-electron chi connectivity index (χ1n) is 6.26. The molecule has 1 amide bonds. The van der Waals surface area contributed by atoms with Crippen molar-refractivity contribution in [1.82, 2.24) is 5.32 Å². The molecule has 1 rings (SSSR count). The Morgan fingerprint density at radius 1 is 1.28 bits per heavy atom. The summed E-state index contributed by atoms with van der Waals surface area (Å²) >= 11 is 1.71. The van der Waals surface area contributed by atoms with Crippen LogP contribution in [0.3, 0.4) is 0 Å². The molecule has 0 atom stereocenters. The third-order valence-corrected chi connectivity index (χ3v) is 3.33. The third kappa shape index (κ3) is 5.96. The molecule has 0 aromatic heterocycles. The molecule has 0 aliphatic heterocycles. The second-order valence-corrected chi connectivity index (χ2v) is 5.49. The highest BCUT2D eigenvalue weighted by atomic mass is 32.2. The molecule has 1 aromatic carbocycles. The second kappa shape index (κ2) is 8.03. The number of hydrogen-bond acceptors (Lipinski definition) is 3. The van der Waals surface area contributed by atoms with Gasteiger partial charge in [0.2, 0.25) is 5.91 Å². The molecular formula is C14H22N2OS. The molecule has 4 heteroatoms. The highest BCUT2D eigenvalue weighted by molar-refractivity contribution is 7.98. The summed E-state index contributed by atoms with van der Waals surface area (Å²) in [5, 5.41) is 6.01. The van der Waals surface area contributed by atoms with Gasteiger partial charge < -0.3 is 10.6 Å². The van der Waals surface area contributed by atoms with E-state index < -0.39 is 0 Å². The molecule has 0 aliphatic carbocycles. The molecule has 0 bridgehead atoms. The average Bonchev–Trinajstić information content (AvgIpc) is 2.36. The van der Waals surface area contributed by atoms with E-state index in [9.17, 15) is 4.79 Å². The van der Waals surface area contributed by atoms with E-state index in [1.807, 2.05) is 30.5 Å². The lowest BCUT2D eigenvalue weighted by atomic mass is 10.1. The van der Waals surface area contributed by atoms with Gasteiger partial charge in [0, 0.05) is 17.1 Å². The normalized spacial score (nSPS) is 10.4. The van der Waals surface area contributed by atoms with Crippen LogP contribution in [0, 0.1) is 5.92 Å². The number of nitrogens with one attached hydrogen (secondary N) is 2. The maximum Gasteiger partial charge on any atom is 0.239 e. The Morgan fingerprint density at radius 3 is 2.50 bits per heavy atom. The van der Waals surface area contributed by atoms with Crippen molar-refractivity contribution in [1.29, 1.82) is 0 Å². The van der Waals surface area contributed by atoms with Gasteiger partial charge in [0.05, 0.1) is 6.54 Å². The van der Waals surface area contributed by atoms with Gasteiger partial charge >= 0.3 is 0 Å². The maximum atomic E-state index is 11.5. The van der Waals surface area contributed by atoms with Crippen molar-refractivity contribution in [3.05, 3.63) is 24.3 Å². The molecule has 0 fully saturated rings. The van der Waals surface area contributed by atoms with Gasteiger partial charge in [-0.3, -0.25) is 4.79 Å². The summed E-state index contributed by atoms with van der Waals surface area (Å²) in [6.45, 7) is 5.38. The van der Waals surface area contributed by atoms with Gasteiger partial charge in [0.15, 0.2) is 0 Å². The molecule has 0 unspecified atom stereocenters. The van der Waals surface area contributed by atoms with Gasteiger partial charge in [0.1, 0.15) is 0 Å². The van der Waals surface area contributed by atoms with Gasteiger partial charge in [-0.2, -0.15) is 0 Å². The summed E-state index contributed by atoms with van der Waals surface area (Å²) < 4.78 is 0. The van der Waals surface area contributed by atoms with Crippen LogP contribution in [0.5, 0.6) is 0 Å². The minimum Gasteiger partial charge on any atom is -0.376 e. The minimum atomic E-state index is 0.0459. The summed E-state index contributed by atoms with van der Waals surface area (Å²) in [6.07, 6.45) is 3.07. The largest absolute Gasteiger partial charge is 0.376 e. The summed E-state index contributed by atoms with van der Waals surface area (Å²) in [5.41, 5.74) is 0.979. The average molecular weight is 266 g/mol. The molecule has 2 N–H and O–H groups in total. The Hall–Kier alpha value is -1.16. The molecule has 0 saturated carbocycles. The van der Waals surface area contributed by atoms with E-state index >= 15 is 0 Å². The van der Waals surface area contributed by atoms with Crippen molar-refractivity contribution in [2.75, 3.05) is 24.7 Å². The van der Waals surface area contributed by atoms with Gasteiger partial charge in [-0.05, 0) is 42.9 Å². The van der Waals surface area contributed by atoms with E-state index in [0.717, 1.165) is 18.7 Å². The van der Waals surface area contributed by atoms with E-state index in [0.29, 0.717) is 12.5 Å². The Balaban J connectivity index is 2.24. The topological polar surface area (TPSA) is 41.1 Å². The van der Waals surface area contributed by atoms with Crippen molar-refractivity contribution < 1.29 is 4.79 Å². The number of hydrogen-bond donors (Lipinski definition) is 2. The second-order valence-electron chi connectivity index (χ2n) is 4.61. The van der Waals surface area contributed by atoms with Crippen LogP contribution >= 0.6 is 11.8 Å². The van der Waals surface area contributed by atoms with E-state index in [1.165, 1.54) is 4.90 Å². The van der Waals surface area contributed by atoms with Crippen LogP contribution in [0.2, 0.25) is 0 Å². The first-order valence-corrected chi connectivity index (χ1v) is 7.49. The molecule has 0 saturated heterocycles. The fourth-order valence-corrected chi connectivity index (χ4v) is 1.86. The predicted molar refractivity (Wildman–Crippen MR) is 79.2 cm³/mol. The zero-order valence-corrected chi connectivity index (χ0v) is 12.1. The first kappa shape index (κ1) is 14.9. The summed E-state index contributed by atoms with van der Waals surface area (Å²) in [5.74, 6) is 0.668. The fraction of sp³-hybridized carbons (Fsp3) is 0.500. The molecule has 3 nitrogen and oxygen atoms in total. The quantitative estimate of drug-likeness (QED) is 0.745. The SMILES string of the molecule is CSc1ccc(NCC(=O)NCCC(C)C)cc1. The van der Waals surface area contributed by atoms with Gasteiger partial charge in [0.25, 0.3) is 0 Å². The van der Waals surface area contributed by atoms with Gasteiger partial charge in [-0.25, -0.2) is 0 Å². The zero-order valence-electron chi connectivity index (χ0n) is 11.3. The van der Waals surface area contributed by atoms with Crippen LogP contribution in [-0.4, -0.2) is 25.3 Å². The molecule has 0 heterocycles. The van der Waals surface area contributed by atoms with Crippen molar-refractivity contribution in [3.8, 4) is 0 Å². The van der Waals surface area contributed by atoms with Crippen molar-refractivity contribution in [2.45, 2.75) is 25.2 Å². The first-order chi connectivity index (χ1) is 8.61. The number of carbonyl (C=O) groups is 1. The number of rotatable bonds is 7. The van der Waals surface area contributed by atoms with Gasteiger partial charge in [-0.1, -0.05) is 13.8 Å². The van der Waals surface area contributed by atoms with Crippen molar-refractivity contribution in [2.24, 2.45) is 5.92 Å². The summed E-state index contributed by atoms with van der Waals surface area (Å²) in [4.78, 5) is 12.8. The maximum absolute atomic E-state index is 11.5. The molecule has 0 spiro atoms. The molecule has 0 radical (unpaired) electrons. The molecule has 1 aromatic rings. The Kier molecular flexibility index (Phi) is 6.65. The summed E-state index contributed by atoms with van der Waals surface area (Å²) in [7, 11) is 0. The molecule has 18 heavy (non-hydrogen) atoms. The van der Waals surface area contributed by atoms with E-state index in [-0.39, 0.29) is 5.91 Å². The summed E-state index contributed by atoms with van der Waals surface area (Å²) in [6, 6.07) is 8.08. The number of anilines is 1. The Labute approximate surface area is 114 Å². The minimum absolute atomic E-state index is 0.0459. The van der Waals surface area contributed by atoms with E-state index in [2.05, 4.69) is 24.5 Å². The van der Waals surface area contributed by atoms with Crippen LogP contribution in [0.15, 0.2) is 29.2 Å². The Morgan fingerprint density at radius 2 is 1.94 bits per heavy atom. The molecular weight excluding hydrogens is 244 g/mol. The van der Waals surface area contributed by atoms with E-state index in [4.69, 9.17) is 0 Å². The highest BCUT2D eigenvalue weighted by Crippen LogP contribution is 2.17. The number of amides is 1. The van der Waals surface area contributed by atoms with Gasteiger partial charge in [-0.15, -0.1) is 11.8 Å². The van der Waals surface area contributed by atoms with Crippen molar-refractivity contribution in [3.63, 3.8) is 0 Å². The zero-order chi connectivity index (χ0) is 13.4. The number of carbonyl (C=O) groups excluding carboxylic acids is 1. The van der Waals surface area contributed by atoms with E-state index in [1.54, 1.807) is 11.8 Å². The van der Waals surface area contributed by atoms with Crippen LogP contribution in [0.25, 0.3) is 0 Å². The lowest BCUT2D eigenvalue weighted by Gasteiger charge is -2.09.